The van der Waals surface area contributed by atoms with Gasteiger partial charge in [-0.05, 0) is 24.3 Å². The van der Waals surface area contributed by atoms with Gasteiger partial charge in [-0.15, -0.1) is 0 Å². The Labute approximate surface area is 176 Å². The number of methoxy groups -OCH3 is 2. The van der Waals surface area contributed by atoms with Gasteiger partial charge in [-0.3, -0.25) is 4.68 Å². The Bertz CT molecular complexity index is 1240. The second-order valence-corrected chi connectivity index (χ2v) is 6.92. The summed E-state index contributed by atoms with van der Waals surface area (Å²) in [5.74, 6) is -0.191. The third-order valence-electron chi connectivity index (χ3n) is 4.51. The zero-order chi connectivity index (χ0) is 21.3. The van der Waals surface area contributed by atoms with Crippen LogP contribution in [0.15, 0.2) is 48.9 Å². The van der Waals surface area contributed by atoms with Crippen molar-refractivity contribution in [1.82, 2.24) is 19.7 Å². The number of ether oxygens (including phenoxy) is 2. The lowest BCUT2D eigenvalue weighted by Crippen LogP contribution is -2.08. The van der Waals surface area contributed by atoms with Crippen LogP contribution in [0.1, 0.15) is 15.9 Å². The van der Waals surface area contributed by atoms with Crippen LogP contribution in [0.25, 0.3) is 22.3 Å². The van der Waals surface area contributed by atoms with Crippen LogP contribution in [0.3, 0.4) is 0 Å². The Morgan fingerprint density at radius 2 is 1.87 bits per heavy atom. The highest BCUT2D eigenvalue weighted by Crippen LogP contribution is 2.26. The Hall–Kier alpha value is -3.52. The lowest BCUT2D eigenvalue weighted by Gasteiger charge is -2.09. The van der Waals surface area contributed by atoms with Crippen molar-refractivity contribution in [2.24, 2.45) is 0 Å². The number of rotatable bonds is 5. The maximum atomic E-state index is 13.7. The van der Waals surface area contributed by atoms with E-state index in [2.05, 4.69) is 15.1 Å². The van der Waals surface area contributed by atoms with E-state index in [0.29, 0.717) is 45.2 Å². The molecule has 2 aromatic carbocycles. The molecule has 9 heteroatoms. The summed E-state index contributed by atoms with van der Waals surface area (Å²) in [6.07, 6.45) is 4.88. The van der Waals surface area contributed by atoms with Gasteiger partial charge >= 0.3 is 5.97 Å². The third kappa shape index (κ3) is 3.81. The number of hydrogen-bond donors (Lipinski definition) is 0. The summed E-state index contributed by atoms with van der Waals surface area (Å²) >= 11 is 6.10. The molecule has 2 heterocycles. The minimum atomic E-state index is -0.504. The number of nitrogens with zero attached hydrogens (tertiary/aromatic N) is 4. The first-order chi connectivity index (χ1) is 14.5. The first-order valence-electron chi connectivity index (χ1n) is 8.87. The van der Waals surface area contributed by atoms with Gasteiger partial charge < -0.3 is 9.47 Å². The Balaban J connectivity index is 1.67. The predicted octanol–water partition coefficient (Wildman–Crippen LogP) is 4.13. The summed E-state index contributed by atoms with van der Waals surface area (Å²) in [5, 5.41) is 5.48. The van der Waals surface area contributed by atoms with Crippen molar-refractivity contribution < 1.29 is 18.7 Å². The molecule has 0 aliphatic carbocycles. The van der Waals surface area contributed by atoms with E-state index in [1.54, 1.807) is 41.5 Å². The Morgan fingerprint density at radius 3 is 2.57 bits per heavy atom. The molecule has 0 radical (unpaired) electrons. The molecular formula is C21H16ClFN4O3. The van der Waals surface area contributed by atoms with E-state index in [4.69, 9.17) is 21.1 Å². The normalized spacial score (nSPS) is 10.9. The fourth-order valence-corrected chi connectivity index (χ4v) is 3.38. The molecule has 0 bridgehead atoms. The minimum absolute atomic E-state index is 0.321. The fourth-order valence-electron chi connectivity index (χ4n) is 3.15. The largest absolute Gasteiger partial charge is 0.497 e. The van der Waals surface area contributed by atoms with Crippen LogP contribution in [0.4, 0.5) is 4.39 Å². The standard InChI is InChI=1S/C21H16ClFN4O3/c1-29-17-5-13(4-16(23)7-17)20-24-8-12(9-25-20)11-27-19-14(10-26-27)3-15(22)6-18(19)21(28)30-2/h3-10H,11H2,1-2H3. The summed E-state index contributed by atoms with van der Waals surface area (Å²) in [4.78, 5) is 20.8. The third-order valence-corrected chi connectivity index (χ3v) is 4.72. The summed E-state index contributed by atoms with van der Waals surface area (Å²) in [7, 11) is 2.77. The van der Waals surface area contributed by atoms with Crippen LogP contribution in [-0.2, 0) is 11.3 Å². The SMILES string of the molecule is COC(=O)c1cc(Cl)cc2cnn(Cc3cnc(-c4cc(F)cc(OC)c4)nc3)c12. The molecule has 0 fully saturated rings. The van der Waals surface area contributed by atoms with Gasteiger partial charge in [0.15, 0.2) is 5.82 Å². The van der Waals surface area contributed by atoms with Crippen molar-refractivity contribution in [2.75, 3.05) is 14.2 Å². The molecule has 152 valence electrons. The van der Waals surface area contributed by atoms with E-state index < -0.39 is 11.8 Å². The molecule has 7 nitrogen and oxygen atoms in total. The molecule has 4 aromatic rings. The topological polar surface area (TPSA) is 79.1 Å². The quantitative estimate of drug-likeness (QED) is 0.446. The van der Waals surface area contributed by atoms with Crippen LogP contribution < -0.4 is 4.74 Å². The van der Waals surface area contributed by atoms with Crippen LogP contribution in [0.5, 0.6) is 5.75 Å². The van der Waals surface area contributed by atoms with E-state index in [9.17, 15) is 9.18 Å². The number of carbonyl (C=O) groups is 1. The lowest BCUT2D eigenvalue weighted by atomic mass is 10.1. The smallest absolute Gasteiger partial charge is 0.340 e. The molecule has 0 saturated carbocycles. The monoisotopic (exact) mass is 426 g/mol. The molecule has 0 aliphatic rings. The molecule has 0 spiro atoms. The number of esters is 1. The average Bonchev–Trinajstić information content (AvgIpc) is 3.14. The molecule has 0 aliphatic heterocycles. The van der Waals surface area contributed by atoms with Crippen molar-refractivity contribution >= 4 is 28.5 Å². The van der Waals surface area contributed by atoms with Crippen molar-refractivity contribution in [3.8, 4) is 17.1 Å². The minimum Gasteiger partial charge on any atom is -0.497 e. The number of fused-ring (bicyclic) bond motifs is 1. The van der Waals surface area contributed by atoms with Gasteiger partial charge in [-0.25, -0.2) is 19.2 Å². The molecule has 0 N–H and O–H groups in total. The molecule has 0 saturated heterocycles. The number of hydrogen-bond acceptors (Lipinski definition) is 6. The van der Waals surface area contributed by atoms with Crippen LogP contribution in [0, 0.1) is 5.82 Å². The summed E-state index contributed by atoms with van der Waals surface area (Å²) in [6, 6.07) is 7.55. The average molecular weight is 427 g/mol. The zero-order valence-corrected chi connectivity index (χ0v) is 16.9. The molecule has 0 amide bonds. The molecule has 4 rings (SSSR count). The van der Waals surface area contributed by atoms with Gasteiger partial charge in [0.25, 0.3) is 0 Å². The molecule has 2 aromatic heterocycles. The second kappa shape index (κ2) is 8.08. The first kappa shape index (κ1) is 19.8. The summed E-state index contributed by atoms with van der Waals surface area (Å²) in [5.41, 5.74) is 2.18. The molecule has 30 heavy (non-hydrogen) atoms. The first-order valence-corrected chi connectivity index (χ1v) is 9.25. The Kier molecular flexibility index (Phi) is 5.33. The molecule has 0 unspecified atom stereocenters. The number of halogens is 2. The van der Waals surface area contributed by atoms with Crippen molar-refractivity contribution in [3.05, 3.63) is 70.9 Å². The van der Waals surface area contributed by atoms with Gasteiger partial charge in [0, 0.05) is 40.0 Å². The fraction of sp³-hybridized carbons (Fsp3) is 0.143. The highest BCUT2D eigenvalue weighted by Gasteiger charge is 2.17. The summed E-state index contributed by atoms with van der Waals surface area (Å²) in [6.45, 7) is 0.321. The molecule has 0 atom stereocenters. The van der Waals surface area contributed by atoms with E-state index in [-0.39, 0.29) is 0 Å². The number of aromatic nitrogens is 4. The predicted molar refractivity (Wildman–Crippen MR) is 109 cm³/mol. The van der Waals surface area contributed by atoms with Crippen molar-refractivity contribution in [3.63, 3.8) is 0 Å². The van der Waals surface area contributed by atoms with Gasteiger partial charge in [-0.1, -0.05) is 11.6 Å². The van der Waals surface area contributed by atoms with E-state index >= 15 is 0 Å². The van der Waals surface area contributed by atoms with Gasteiger partial charge in [-0.2, -0.15) is 5.10 Å². The highest BCUT2D eigenvalue weighted by atomic mass is 35.5. The second-order valence-electron chi connectivity index (χ2n) is 6.48. The lowest BCUT2D eigenvalue weighted by molar-refractivity contribution is 0.0602. The summed E-state index contributed by atoms with van der Waals surface area (Å²) < 4.78 is 25.3. The van der Waals surface area contributed by atoms with Crippen LogP contribution in [-0.4, -0.2) is 39.9 Å². The van der Waals surface area contributed by atoms with E-state index in [1.165, 1.54) is 26.4 Å². The Morgan fingerprint density at radius 1 is 1.10 bits per heavy atom. The maximum Gasteiger partial charge on any atom is 0.340 e. The van der Waals surface area contributed by atoms with E-state index in [0.717, 1.165) is 5.56 Å². The maximum absolute atomic E-state index is 13.7. The number of carbonyl (C=O) groups excluding carboxylic acids is 1. The van der Waals surface area contributed by atoms with Crippen molar-refractivity contribution in [2.45, 2.75) is 6.54 Å². The van der Waals surface area contributed by atoms with Crippen LogP contribution >= 0.6 is 11.6 Å². The van der Waals surface area contributed by atoms with Gasteiger partial charge in [0.2, 0.25) is 0 Å². The molecular weight excluding hydrogens is 411 g/mol. The van der Waals surface area contributed by atoms with E-state index in [1.807, 2.05) is 0 Å². The number of benzene rings is 2. The van der Waals surface area contributed by atoms with Crippen molar-refractivity contribution in [1.29, 1.82) is 0 Å². The van der Waals surface area contributed by atoms with Gasteiger partial charge in [0.05, 0.1) is 38.0 Å². The highest BCUT2D eigenvalue weighted by molar-refractivity contribution is 6.32. The van der Waals surface area contributed by atoms with Gasteiger partial charge in [0.1, 0.15) is 11.6 Å². The van der Waals surface area contributed by atoms with Crippen LogP contribution in [0.2, 0.25) is 5.02 Å². The zero-order valence-electron chi connectivity index (χ0n) is 16.1.